The molecule has 3 aromatic carbocycles. The Kier molecular flexibility index (Phi) is 6.05. The monoisotopic (exact) mass is 344 g/mol. The van der Waals surface area contributed by atoms with E-state index in [4.69, 9.17) is 0 Å². The van der Waals surface area contributed by atoms with Crippen LogP contribution in [-0.2, 0) is 11.3 Å². The Labute approximate surface area is 155 Å². The zero-order chi connectivity index (χ0) is 18.2. The van der Waals surface area contributed by atoms with Crippen LogP contribution >= 0.6 is 0 Å². The van der Waals surface area contributed by atoms with E-state index < -0.39 is 0 Å². The second-order valence-electron chi connectivity index (χ2n) is 6.29. The van der Waals surface area contributed by atoms with Crippen LogP contribution in [0.2, 0.25) is 0 Å². The number of rotatable bonds is 7. The van der Waals surface area contributed by atoms with Gasteiger partial charge in [0.25, 0.3) is 0 Å². The summed E-state index contributed by atoms with van der Waals surface area (Å²) in [5, 5.41) is 3.37. The highest BCUT2D eigenvalue weighted by molar-refractivity contribution is 5.93. The second-order valence-corrected chi connectivity index (χ2v) is 6.29. The molecule has 0 aliphatic rings. The minimum absolute atomic E-state index is 0.112. The zero-order valence-electron chi connectivity index (χ0n) is 15.1. The van der Waals surface area contributed by atoms with Gasteiger partial charge in [-0.25, -0.2) is 0 Å². The minimum atomic E-state index is 0.112. The molecule has 3 nitrogen and oxygen atoms in total. The molecule has 0 radical (unpaired) electrons. The fourth-order valence-electron chi connectivity index (χ4n) is 2.91. The van der Waals surface area contributed by atoms with Gasteiger partial charge >= 0.3 is 0 Å². The molecule has 1 N–H and O–H groups in total. The first-order chi connectivity index (χ1) is 12.7. The van der Waals surface area contributed by atoms with Gasteiger partial charge in [-0.3, -0.25) is 4.79 Å². The SMILES string of the molecule is Cc1ccccc1NCCC(=O)N(Cc1ccccc1)c1ccccc1. The van der Waals surface area contributed by atoms with Crippen molar-refractivity contribution < 1.29 is 4.79 Å². The molecule has 0 aliphatic heterocycles. The van der Waals surface area contributed by atoms with E-state index >= 15 is 0 Å². The van der Waals surface area contributed by atoms with Crippen molar-refractivity contribution in [2.24, 2.45) is 0 Å². The maximum Gasteiger partial charge on any atom is 0.229 e. The average Bonchev–Trinajstić information content (AvgIpc) is 2.69. The summed E-state index contributed by atoms with van der Waals surface area (Å²) in [4.78, 5) is 14.8. The molecular weight excluding hydrogens is 320 g/mol. The highest BCUT2D eigenvalue weighted by Crippen LogP contribution is 2.19. The molecule has 0 atom stereocenters. The normalized spacial score (nSPS) is 10.3. The fraction of sp³-hybridized carbons (Fsp3) is 0.174. The minimum Gasteiger partial charge on any atom is -0.384 e. The third kappa shape index (κ3) is 4.73. The van der Waals surface area contributed by atoms with Crippen molar-refractivity contribution >= 4 is 17.3 Å². The van der Waals surface area contributed by atoms with Crippen LogP contribution in [0.3, 0.4) is 0 Å². The predicted molar refractivity (Wildman–Crippen MR) is 108 cm³/mol. The predicted octanol–water partition coefficient (Wildman–Crippen LogP) is 5.03. The van der Waals surface area contributed by atoms with E-state index in [0.29, 0.717) is 19.5 Å². The summed E-state index contributed by atoms with van der Waals surface area (Å²) in [5.41, 5.74) is 4.31. The van der Waals surface area contributed by atoms with Gasteiger partial charge < -0.3 is 10.2 Å². The van der Waals surface area contributed by atoms with Crippen LogP contribution < -0.4 is 10.2 Å². The molecule has 0 heterocycles. The van der Waals surface area contributed by atoms with Gasteiger partial charge in [0, 0.05) is 24.3 Å². The lowest BCUT2D eigenvalue weighted by atomic mass is 10.1. The number of carbonyl (C=O) groups is 1. The van der Waals surface area contributed by atoms with Gasteiger partial charge in [-0.15, -0.1) is 0 Å². The number of hydrogen-bond acceptors (Lipinski definition) is 2. The number of hydrogen-bond donors (Lipinski definition) is 1. The highest BCUT2D eigenvalue weighted by Gasteiger charge is 2.15. The molecular formula is C23H24N2O. The van der Waals surface area contributed by atoms with E-state index in [2.05, 4.69) is 30.4 Å². The first-order valence-electron chi connectivity index (χ1n) is 8.93. The third-order valence-electron chi connectivity index (χ3n) is 4.35. The van der Waals surface area contributed by atoms with Gasteiger partial charge in [0.15, 0.2) is 0 Å². The molecule has 26 heavy (non-hydrogen) atoms. The number of para-hydroxylation sites is 2. The number of carbonyl (C=O) groups excluding carboxylic acids is 1. The molecule has 0 aromatic heterocycles. The second kappa shape index (κ2) is 8.86. The number of benzene rings is 3. The Bertz CT molecular complexity index is 831. The van der Waals surface area contributed by atoms with Gasteiger partial charge in [-0.05, 0) is 36.2 Å². The lowest BCUT2D eigenvalue weighted by Gasteiger charge is -2.23. The van der Waals surface area contributed by atoms with Crippen molar-refractivity contribution in [3.8, 4) is 0 Å². The first-order valence-corrected chi connectivity index (χ1v) is 8.93. The number of nitrogens with zero attached hydrogens (tertiary/aromatic N) is 1. The van der Waals surface area contributed by atoms with Crippen molar-refractivity contribution in [1.82, 2.24) is 0 Å². The molecule has 3 rings (SSSR count). The van der Waals surface area contributed by atoms with Crippen molar-refractivity contribution in [1.29, 1.82) is 0 Å². The molecule has 0 saturated heterocycles. The van der Waals surface area contributed by atoms with Crippen molar-refractivity contribution in [2.75, 3.05) is 16.8 Å². The molecule has 3 heteroatoms. The van der Waals surface area contributed by atoms with Crippen LogP contribution in [0.5, 0.6) is 0 Å². The lowest BCUT2D eigenvalue weighted by molar-refractivity contribution is -0.118. The zero-order valence-corrected chi connectivity index (χ0v) is 15.1. The maximum atomic E-state index is 12.9. The first kappa shape index (κ1) is 17.7. The fourth-order valence-corrected chi connectivity index (χ4v) is 2.91. The van der Waals surface area contributed by atoms with Crippen LogP contribution in [0, 0.1) is 6.92 Å². The molecule has 0 fully saturated rings. The smallest absolute Gasteiger partial charge is 0.229 e. The Morgan fingerprint density at radius 1 is 0.846 bits per heavy atom. The molecule has 132 valence electrons. The van der Waals surface area contributed by atoms with Gasteiger partial charge in [-0.1, -0.05) is 66.7 Å². The Morgan fingerprint density at radius 2 is 1.46 bits per heavy atom. The van der Waals surface area contributed by atoms with Gasteiger partial charge in [-0.2, -0.15) is 0 Å². The van der Waals surface area contributed by atoms with Crippen LogP contribution in [0.4, 0.5) is 11.4 Å². The summed E-state index contributed by atoms with van der Waals surface area (Å²) in [6.07, 6.45) is 0.441. The molecule has 0 spiro atoms. The molecule has 1 amide bonds. The van der Waals surface area contributed by atoms with Crippen molar-refractivity contribution in [3.05, 3.63) is 96.1 Å². The average molecular weight is 344 g/mol. The van der Waals surface area contributed by atoms with Gasteiger partial charge in [0.1, 0.15) is 0 Å². The summed E-state index contributed by atoms with van der Waals surface area (Å²) in [6.45, 7) is 3.26. The lowest BCUT2D eigenvalue weighted by Crippen LogP contribution is -2.31. The summed E-state index contributed by atoms with van der Waals surface area (Å²) < 4.78 is 0. The van der Waals surface area contributed by atoms with Crippen LogP contribution in [0.25, 0.3) is 0 Å². The van der Waals surface area contributed by atoms with Gasteiger partial charge in [0.05, 0.1) is 6.54 Å². The topological polar surface area (TPSA) is 32.3 Å². The Balaban J connectivity index is 1.68. The highest BCUT2D eigenvalue weighted by atomic mass is 16.2. The molecule has 3 aromatic rings. The number of amides is 1. The van der Waals surface area contributed by atoms with E-state index in [1.54, 1.807) is 0 Å². The standard InChI is InChI=1S/C23H24N2O/c1-19-10-8-9-15-22(19)24-17-16-23(26)25(21-13-6-3-7-14-21)18-20-11-4-2-5-12-20/h2-15,24H,16-18H2,1H3. The Hall–Kier alpha value is -3.07. The molecule has 0 bridgehead atoms. The molecule has 0 unspecified atom stereocenters. The molecule has 0 saturated carbocycles. The van der Waals surface area contributed by atoms with E-state index in [1.807, 2.05) is 71.6 Å². The summed E-state index contributed by atoms with van der Waals surface area (Å²) in [6, 6.07) is 28.1. The van der Waals surface area contributed by atoms with Crippen molar-refractivity contribution in [2.45, 2.75) is 19.9 Å². The molecule has 0 aliphatic carbocycles. The largest absolute Gasteiger partial charge is 0.384 e. The summed E-state index contributed by atoms with van der Waals surface area (Å²) >= 11 is 0. The number of aryl methyl sites for hydroxylation is 1. The van der Waals surface area contributed by atoms with Crippen LogP contribution in [0.15, 0.2) is 84.9 Å². The van der Waals surface area contributed by atoms with E-state index in [1.165, 1.54) is 5.56 Å². The number of anilines is 2. The van der Waals surface area contributed by atoms with E-state index in [-0.39, 0.29) is 5.91 Å². The van der Waals surface area contributed by atoms with E-state index in [9.17, 15) is 4.79 Å². The van der Waals surface area contributed by atoms with E-state index in [0.717, 1.165) is 16.9 Å². The summed E-state index contributed by atoms with van der Waals surface area (Å²) in [7, 11) is 0. The Morgan fingerprint density at radius 3 is 2.15 bits per heavy atom. The number of nitrogens with one attached hydrogen (secondary N) is 1. The summed E-state index contributed by atoms with van der Waals surface area (Å²) in [5.74, 6) is 0.112. The third-order valence-corrected chi connectivity index (χ3v) is 4.35. The van der Waals surface area contributed by atoms with Crippen LogP contribution in [-0.4, -0.2) is 12.5 Å². The quantitative estimate of drug-likeness (QED) is 0.652. The maximum absolute atomic E-state index is 12.9. The van der Waals surface area contributed by atoms with Gasteiger partial charge in [0.2, 0.25) is 5.91 Å². The van der Waals surface area contributed by atoms with Crippen molar-refractivity contribution in [3.63, 3.8) is 0 Å². The van der Waals surface area contributed by atoms with Crippen LogP contribution in [0.1, 0.15) is 17.5 Å².